The number of carbonyl (C=O) groups is 3. The third-order valence-corrected chi connectivity index (χ3v) is 7.78. The number of methoxy groups -OCH3 is 1. The van der Waals surface area contributed by atoms with Crippen LogP contribution in [-0.2, 0) is 19.1 Å². The number of carbonyl (C=O) groups excluding carboxylic acids is 3. The second kappa shape index (κ2) is 10.5. The van der Waals surface area contributed by atoms with Gasteiger partial charge in [0.25, 0.3) is 11.8 Å². The van der Waals surface area contributed by atoms with Crippen molar-refractivity contribution < 1.29 is 33.0 Å². The first kappa shape index (κ1) is 26.4. The molecule has 4 aliphatic rings. The minimum atomic E-state index is -0.844. The number of nitrogens with one attached hydrogen (secondary N) is 2. The number of halogens is 3. The van der Waals surface area contributed by atoms with Crippen molar-refractivity contribution in [1.29, 1.82) is 0 Å². The summed E-state index contributed by atoms with van der Waals surface area (Å²) < 4.78 is 29.7. The second-order valence-electron chi connectivity index (χ2n) is 9.86. The molecule has 2 amide bonds. The van der Waals surface area contributed by atoms with Crippen molar-refractivity contribution in [2.24, 2.45) is 5.92 Å². The lowest BCUT2D eigenvalue weighted by Crippen LogP contribution is -2.58. The number of amides is 2. The first-order valence-electron chi connectivity index (χ1n) is 12.1. The maximum atomic E-state index is 13.6. The quantitative estimate of drug-likeness (QED) is 0.474. The number of hydrogen-bond acceptors (Lipinski definition) is 7. The van der Waals surface area contributed by atoms with Crippen LogP contribution in [-0.4, -0.2) is 62.3 Å². The fraction of sp³-hybridized carbons (Fsp3) is 0.423. The van der Waals surface area contributed by atoms with Crippen LogP contribution in [0.15, 0.2) is 36.4 Å². The summed E-state index contributed by atoms with van der Waals surface area (Å²) in [6, 6.07) is 8.87. The smallest absolute Gasteiger partial charge is 0.325 e. The van der Waals surface area contributed by atoms with Crippen LogP contribution < -0.4 is 25.0 Å². The van der Waals surface area contributed by atoms with Gasteiger partial charge in [0.05, 0.1) is 24.4 Å². The molecular formula is C26H26Cl2FN3O6. The maximum Gasteiger partial charge on any atom is 0.325 e. The van der Waals surface area contributed by atoms with Crippen molar-refractivity contribution >= 4 is 46.7 Å². The van der Waals surface area contributed by atoms with Crippen molar-refractivity contribution in [2.45, 2.75) is 36.9 Å². The van der Waals surface area contributed by atoms with Gasteiger partial charge in [-0.25, -0.2) is 4.39 Å². The molecule has 1 aliphatic heterocycles. The number of nitrogens with zero attached hydrogens (tertiary/aromatic N) is 1. The highest BCUT2D eigenvalue weighted by Crippen LogP contribution is 2.52. The molecule has 9 nitrogen and oxygen atoms in total. The number of benzene rings is 2. The van der Waals surface area contributed by atoms with E-state index in [1.807, 2.05) is 0 Å². The van der Waals surface area contributed by atoms with Gasteiger partial charge in [-0.2, -0.15) is 0 Å². The zero-order valence-electron chi connectivity index (χ0n) is 20.5. The van der Waals surface area contributed by atoms with Crippen molar-refractivity contribution in [3.63, 3.8) is 0 Å². The van der Waals surface area contributed by atoms with E-state index >= 15 is 0 Å². The van der Waals surface area contributed by atoms with Gasteiger partial charge in [0, 0.05) is 22.7 Å². The van der Waals surface area contributed by atoms with Gasteiger partial charge in [-0.3, -0.25) is 14.4 Å². The first-order chi connectivity index (χ1) is 18.1. The van der Waals surface area contributed by atoms with Crippen LogP contribution in [0.5, 0.6) is 11.5 Å². The summed E-state index contributed by atoms with van der Waals surface area (Å²) in [6.45, 7) is -0.168. The number of esters is 1. The summed E-state index contributed by atoms with van der Waals surface area (Å²) in [5.41, 5.74) is 0.178. The molecule has 38 heavy (non-hydrogen) atoms. The van der Waals surface area contributed by atoms with Gasteiger partial charge in [-0.05, 0) is 55.5 Å². The molecule has 2 aromatic rings. The Kier molecular flexibility index (Phi) is 7.28. The predicted molar refractivity (Wildman–Crippen MR) is 137 cm³/mol. The van der Waals surface area contributed by atoms with Gasteiger partial charge in [0.15, 0.2) is 12.7 Å². The average Bonchev–Trinajstić information content (AvgIpc) is 3.38. The lowest BCUT2D eigenvalue weighted by Gasteiger charge is -2.41. The lowest BCUT2D eigenvalue weighted by molar-refractivity contribution is -0.139. The summed E-state index contributed by atoms with van der Waals surface area (Å²) in [6.07, 6.45) is 1.20. The molecule has 0 spiro atoms. The number of hydrogen-bond donors (Lipinski definition) is 2. The van der Waals surface area contributed by atoms with E-state index in [1.54, 1.807) is 23.1 Å². The Morgan fingerprint density at radius 2 is 1.95 bits per heavy atom. The van der Waals surface area contributed by atoms with E-state index in [4.69, 9.17) is 37.4 Å². The van der Waals surface area contributed by atoms with E-state index in [2.05, 4.69) is 10.6 Å². The minimum Gasteiger partial charge on any atom is -0.484 e. The van der Waals surface area contributed by atoms with Gasteiger partial charge < -0.3 is 29.7 Å². The highest BCUT2D eigenvalue weighted by molar-refractivity contribution is 6.31. The number of fused-ring (bicyclic) bond motifs is 2. The fourth-order valence-electron chi connectivity index (χ4n) is 5.44. The molecule has 0 saturated heterocycles. The average molecular weight is 566 g/mol. The number of anilines is 1. The van der Waals surface area contributed by atoms with Gasteiger partial charge in [0.1, 0.15) is 23.9 Å². The third-order valence-electron chi connectivity index (χ3n) is 7.24. The van der Waals surface area contributed by atoms with E-state index in [1.165, 1.54) is 19.2 Å². The normalized spacial score (nSPS) is 24.9. The van der Waals surface area contributed by atoms with E-state index in [9.17, 15) is 18.8 Å². The summed E-state index contributed by atoms with van der Waals surface area (Å²) in [4.78, 5) is 39.4. The molecule has 0 aromatic heterocycles. The van der Waals surface area contributed by atoms with Crippen molar-refractivity contribution in [1.82, 2.24) is 10.6 Å². The Hall–Kier alpha value is -3.24. The van der Waals surface area contributed by atoms with Gasteiger partial charge in [-0.1, -0.05) is 23.2 Å². The van der Waals surface area contributed by atoms with Crippen LogP contribution >= 0.6 is 23.2 Å². The topological polar surface area (TPSA) is 106 Å². The molecule has 2 aromatic carbocycles. The molecular weight excluding hydrogens is 540 g/mol. The molecule has 3 fully saturated rings. The molecule has 1 unspecified atom stereocenters. The Labute approximate surface area is 228 Å². The number of rotatable bonds is 8. The van der Waals surface area contributed by atoms with Crippen LogP contribution in [0.25, 0.3) is 0 Å². The molecule has 6 rings (SSSR count). The maximum absolute atomic E-state index is 13.6. The second-order valence-corrected chi connectivity index (χ2v) is 10.7. The first-order valence-corrected chi connectivity index (χ1v) is 12.9. The molecule has 2 N–H and O–H groups in total. The van der Waals surface area contributed by atoms with Crippen LogP contribution in [0.3, 0.4) is 0 Å². The molecule has 202 valence electrons. The zero-order valence-corrected chi connectivity index (χ0v) is 22.0. The highest BCUT2D eigenvalue weighted by atomic mass is 35.5. The lowest BCUT2D eigenvalue weighted by atomic mass is 9.76. The summed E-state index contributed by atoms with van der Waals surface area (Å²) in [5.74, 6) is -0.802. The summed E-state index contributed by atoms with van der Waals surface area (Å²) in [5, 5.41) is 6.54. The highest BCUT2D eigenvalue weighted by Gasteiger charge is 2.57. The molecule has 12 heteroatoms. The monoisotopic (exact) mass is 565 g/mol. The van der Waals surface area contributed by atoms with Crippen molar-refractivity contribution in [3.05, 3.63) is 52.3 Å². The molecule has 3 saturated carbocycles. The Morgan fingerprint density at radius 1 is 1.16 bits per heavy atom. The summed E-state index contributed by atoms with van der Waals surface area (Å²) >= 11 is 11.8. The van der Waals surface area contributed by atoms with Crippen LogP contribution in [0.1, 0.15) is 19.3 Å². The SMILES string of the molecule is COC(=O)CN1C[C@@H](C(=O)NC23CC(C2)C(NC(=O)COc2ccc(Cl)c(F)c2)C3)Oc2ccc(Cl)cc21. The van der Waals surface area contributed by atoms with Crippen LogP contribution in [0.2, 0.25) is 10.0 Å². The van der Waals surface area contributed by atoms with Gasteiger partial charge in [-0.15, -0.1) is 0 Å². The largest absolute Gasteiger partial charge is 0.484 e. The summed E-state index contributed by atoms with van der Waals surface area (Å²) in [7, 11) is 1.30. The van der Waals surface area contributed by atoms with Crippen LogP contribution in [0, 0.1) is 11.7 Å². The number of ether oxygens (including phenoxy) is 3. The Morgan fingerprint density at radius 3 is 2.68 bits per heavy atom. The van der Waals surface area contributed by atoms with Gasteiger partial charge in [0.2, 0.25) is 0 Å². The Balaban J connectivity index is 1.16. The third kappa shape index (κ3) is 5.47. The fourth-order valence-corrected chi connectivity index (χ4v) is 5.73. The van der Waals surface area contributed by atoms with Crippen molar-refractivity contribution in [3.8, 4) is 11.5 Å². The Bertz CT molecular complexity index is 1270. The van der Waals surface area contributed by atoms with Crippen molar-refractivity contribution in [2.75, 3.05) is 31.7 Å². The minimum absolute atomic E-state index is 0.0247. The standard InChI is InChI=1S/C26H26Cl2FN3O6/c1-36-24(34)12-32-11-22(38-21-5-2-15(27)6-20(21)32)25(35)31-26-8-14(9-26)19(10-26)30-23(33)13-37-16-3-4-17(28)18(29)7-16/h2-7,14,19,22H,8-13H2,1H3,(H,30,33)(H,31,35)/t14?,19?,22-,26?/m0/s1. The van der Waals surface area contributed by atoms with E-state index in [0.717, 1.165) is 18.9 Å². The zero-order chi connectivity index (χ0) is 27.0. The molecule has 2 atom stereocenters. The van der Waals surface area contributed by atoms with E-state index in [0.29, 0.717) is 22.9 Å². The molecule has 3 aliphatic carbocycles. The molecule has 2 bridgehead atoms. The van der Waals surface area contributed by atoms with Crippen LogP contribution in [0.4, 0.5) is 10.1 Å². The predicted octanol–water partition coefficient (Wildman–Crippen LogP) is 3.11. The molecule has 0 radical (unpaired) electrons. The van der Waals surface area contributed by atoms with E-state index in [-0.39, 0.29) is 54.2 Å². The van der Waals surface area contributed by atoms with E-state index < -0.39 is 23.4 Å². The molecule has 1 heterocycles. The van der Waals surface area contributed by atoms with Gasteiger partial charge >= 0.3 is 5.97 Å².